The summed E-state index contributed by atoms with van der Waals surface area (Å²) in [5.74, 6) is 0.653. The Labute approximate surface area is 180 Å². The molecule has 0 atom stereocenters. The molecule has 1 saturated heterocycles. The monoisotopic (exact) mass is 446 g/mol. The Morgan fingerprint density at radius 2 is 1.84 bits per heavy atom. The molecule has 2 aromatic rings. The van der Waals surface area contributed by atoms with Gasteiger partial charge in [0.1, 0.15) is 0 Å². The molecule has 1 fully saturated rings. The van der Waals surface area contributed by atoms with Gasteiger partial charge in [-0.1, -0.05) is 18.2 Å². The first-order valence-corrected chi connectivity index (χ1v) is 11.6. The lowest BCUT2D eigenvalue weighted by Gasteiger charge is -2.26. The van der Waals surface area contributed by atoms with Crippen LogP contribution in [0.1, 0.15) is 5.56 Å². The van der Waals surface area contributed by atoms with Gasteiger partial charge < -0.3 is 22.1 Å². The number of nitrogens with zero attached hydrogens (tertiary/aromatic N) is 4. The molecule has 0 unspecified atom stereocenters. The van der Waals surface area contributed by atoms with Gasteiger partial charge in [-0.3, -0.25) is 4.90 Å². The van der Waals surface area contributed by atoms with Gasteiger partial charge in [0, 0.05) is 50.7 Å². The van der Waals surface area contributed by atoms with Gasteiger partial charge in [0.25, 0.3) is 0 Å². The van der Waals surface area contributed by atoms with Crippen molar-refractivity contribution in [3.63, 3.8) is 0 Å². The molecule has 3 rings (SSSR count). The van der Waals surface area contributed by atoms with Crippen molar-refractivity contribution < 1.29 is 13.2 Å². The van der Waals surface area contributed by atoms with E-state index in [-0.39, 0.29) is 24.0 Å². The topological polar surface area (TPSA) is 169 Å². The summed E-state index contributed by atoms with van der Waals surface area (Å²) in [5, 5.41) is 5.77. The Bertz CT molecular complexity index is 1020. The quantitative estimate of drug-likeness (QED) is 0.331. The van der Waals surface area contributed by atoms with Crippen LogP contribution in [0.15, 0.2) is 41.7 Å². The minimum Gasteiger partial charge on any atom is -0.370 e. The van der Waals surface area contributed by atoms with Crippen LogP contribution >= 0.6 is 0 Å². The Morgan fingerprint density at radius 1 is 1.13 bits per heavy atom. The maximum absolute atomic E-state index is 11.5. The number of amides is 2. The Morgan fingerprint density at radius 3 is 2.52 bits per heavy atom. The highest BCUT2D eigenvalue weighted by Crippen LogP contribution is 2.19. The molecule has 31 heavy (non-hydrogen) atoms. The summed E-state index contributed by atoms with van der Waals surface area (Å²) in [6, 6.07) is 7.00. The van der Waals surface area contributed by atoms with Crippen LogP contribution in [0.25, 0.3) is 11.1 Å². The Kier molecular flexibility index (Phi) is 7.36. The van der Waals surface area contributed by atoms with Crippen molar-refractivity contribution in [1.82, 2.24) is 20.2 Å². The number of urea groups is 1. The zero-order chi connectivity index (χ0) is 22.3. The van der Waals surface area contributed by atoms with Crippen LogP contribution in [0.2, 0.25) is 0 Å². The molecule has 1 aliphatic rings. The zero-order valence-electron chi connectivity index (χ0n) is 17.0. The molecule has 11 nitrogen and oxygen atoms in total. The van der Waals surface area contributed by atoms with Crippen molar-refractivity contribution >= 4 is 27.8 Å². The van der Waals surface area contributed by atoms with E-state index >= 15 is 0 Å². The summed E-state index contributed by atoms with van der Waals surface area (Å²) in [6.45, 7) is 2.76. The van der Waals surface area contributed by atoms with E-state index < -0.39 is 15.9 Å². The molecular weight excluding hydrogens is 420 g/mol. The van der Waals surface area contributed by atoms with E-state index in [9.17, 15) is 13.2 Å². The molecule has 1 aliphatic heterocycles. The smallest absolute Gasteiger partial charge is 0.344 e. The van der Waals surface area contributed by atoms with E-state index in [4.69, 9.17) is 11.5 Å². The van der Waals surface area contributed by atoms with Crippen molar-refractivity contribution in [3.8, 4) is 11.1 Å². The number of nitrogens with two attached hydrogens (primary N) is 2. The van der Waals surface area contributed by atoms with Crippen LogP contribution in [-0.4, -0.2) is 73.0 Å². The molecule has 0 aliphatic carbocycles. The number of rotatable bonds is 7. The number of hydrogen-bond acceptors (Lipinski definition) is 7. The summed E-state index contributed by atoms with van der Waals surface area (Å²) < 4.78 is 22.9. The van der Waals surface area contributed by atoms with Crippen LogP contribution in [0.5, 0.6) is 0 Å². The number of carbonyl (C=O) groups is 1. The van der Waals surface area contributed by atoms with Crippen LogP contribution in [0, 0.1) is 0 Å². The molecule has 1 aromatic carbocycles. The van der Waals surface area contributed by atoms with E-state index in [1.54, 1.807) is 12.4 Å². The third kappa shape index (κ3) is 7.19. The van der Waals surface area contributed by atoms with Gasteiger partial charge >= 0.3 is 6.03 Å². The second-order valence-corrected chi connectivity index (χ2v) is 9.41. The van der Waals surface area contributed by atoms with Crippen LogP contribution in [-0.2, 0) is 16.4 Å². The van der Waals surface area contributed by atoms with Crippen LogP contribution in [0.3, 0.4) is 0 Å². The molecular formula is C19H26N8O3S. The molecule has 0 saturated carbocycles. The maximum Gasteiger partial charge on any atom is 0.344 e. The molecule has 0 bridgehead atoms. The molecule has 2 amide bonds. The fourth-order valence-electron chi connectivity index (χ4n) is 3.06. The Balaban J connectivity index is 1.50. The average Bonchev–Trinajstić information content (AvgIpc) is 2.74. The van der Waals surface area contributed by atoms with E-state index in [0.29, 0.717) is 25.6 Å². The van der Waals surface area contributed by atoms with E-state index in [1.807, 2.05) is 24.3 Å². The highest BCUT2D eigenvalue weighted by Gasteiger charge is 2.20. The average molecular weight is 447 g/mol. The number of nitrogens with one attached hydrogen (secondary N) is 2. The molecule has 0 radical (unpaired) electrons. The summed E-state index contributed by atoms with van der Waals surface area (Å²) in [5.41, 5.74) is 13.0. The summed E-state index contributed by atoms with van der Waals surface area (Å²) >= 11 is 0. The van der Waals surface area contributed by atoms with Gasteiger partial charge in [0.2, 0.25) is 5.95 Å². The predicted molar refractivity (Wildman–Crippen MR) is 119 cm³/mol. The fourth-order valence-corrected chi connectivity index (χ4v) is 4.34. The predicted octanol–water partition coefficient (Wildman–Crippen LogP) is -0.231. The molecule has 0 spiro atoms. The number of anilines is 1. The minimum atomic E-state index is -2.86. The van der Waals surface area contributed by atoms with Crippen molar-refractivity contribution in [2.24, 2.45) is 16.5 Å². The highest BCUT2D eigenvalue weighted by atomic mass is 32.2. The molecule has 2 heterocycles. The van der Waals surface area contributed by atoms with Gasteiger partial charge in [-0.15, -0.1) is 0 Å². The third-order valence-electron chi connectivity index (χ3n) is 4.73. The minimum absolute atomic E-state index is 0.217. The molecule has 1 aromatic heterocycles. The largest absolute Gasteiger partial charge is 0.370 e. The van der Waals surface area contributed by atoms with Gasteiger partial charge in [0.15, 0.2) is 15.8 Å². The van der Waals surface area contributed by atoms with Gasteiger partial charge in [0.05, 0.1) is 11.5 Å². The highest BCUT2D eigenvalue weighted by molar-refractivity contribution is 7.91. The van der Waals surface area contributed by atoms with E-state index in [0.717, 1.165) is 23.2 Å². The maximum atomic E-state index is 11.5. The first-order chi connectivity index (χ1) is 14.8. The number of hydrogen-bond donors (Lipinski definition) is 4. The summed E-state index contributed by atoms with van der Waals surface area (Å²) in [4.78, 5) is 25.7. The number of aliphatic imine (C=N–C) groups is 1. The standard InChI is InChI=1S/C19H26N8O3S/c20-17(21)26-19(28)25-11-14-2-1-3-15(10-14)16-12-23-18(24-13-16)22-4-5-27-6-8-31(29,30)9-7-27/h1-3,10,12-13H,4-9,11H2,(H,22,23,24)(H5,20,21,25,26,28). The van der Waals surface area contributed by atoms with Gasteiger partial charge in [-0.05, 0) is 17.2 Å². The van der Waals surface area contributed by atoms with E-state index in [2.05, 4.69) is 30.5 Å². The van der Waals surface area contributed by atoms with Crippen molar-refractivity contribution in [1.29, 1.82) is 0 Å². The SMILES string of the molecule is NC(N)=NC(=O)NCc1cccc(-c2cnc(NCCN3CCS(=O)(=O)CC3)nc2)c1. The van der Waals surface area contributed by atoms with Gasteiger partial charge in [-0.2, -0.15) is 4.99 Å². The number of sulfone groups is 1. The number of guanidine groups is 1. The zero-order valence-corrected chi connectivity index (χ0v) is 17.8. The fraction of sp³-hybridized carbons (Fsp3) is 0.368. The second-order valence-electron chi connectivity index (χ2n) is 7.11. The lowest BCUT2D eigenvalue weighted by molar-refractivity contribution is 0.249. The normalized spacial score (nSPS) is 15.7. The number of aromatic nitrogens is 2. The lowest BCUT2D eigenvalue weighted by atomic mass is 10.1. The third-order valence-corrected chi connectivity index (χ3v) is 6.34. The summed E-state index contributed by atoms with van der Waals surface area (Å²) in [7, 11) is -2.86. The van der Waals surface area contributed by atoms with Gasteiger partial charge in [-0.25, -0.2) is 23.2 Å². The molecule has 12 heteroatoms. The summed E-state index contributed by atoms with van der Waals surface area (Å²) in [6.07, 6.45) is 3.44. The number of carbonyl (C=O) groups excluding carboxylic acids is 1. The van der Waals surface area contributed by atoms with Crippen molar-refractivity contribution in [2.75, 3.05) is 43.0 Å². The molecule has 166 valence electrons. The van der Waals surface area contributed by atoms with Crippen molar-refractivity contribution in [3.05, 3.63) is 42.2 Å². The molecule has 6 N–H and O–H groups in total. The Hall–Kier alpha value is -3.25. The van der Waals surface area contributed by atoms with E-state index in [1.165, 1.54) is 0 Å². The lowest BCUT2D eigenvalue weighted by Crippen LogP contribution is -2.42. The first kappa shape index (κ1) is 22.4. The number of benzene rings is 1. The second kappa shape index (κ2) is 10.2. The van der Waals surface area contributed by atoms with Crippen molar-refractivity contribution in [2.45, 2.75) is 6.54 Å². The first-order valence-electron chi connectivity index (χ1n) is 9.76. The van der Waals surface area contributed by atoms with Crippen LogP contribution < -0.4 is 22.1 Å². The van der Waals surface area contributed by atoms with Crippen LogP contribution in [0.4, 0.5) is 10.7 Å².